The predicted octanol–water partition coefficient (Wildman–Crippen LogP) is 4.92. The van der Waals surface area contributed by atoms with Crippen molar-refractivity contribution in [3.8, 4) is 10.4 Å². The lowest BCUT2D eigenvalue weighted by atomic mass is 10.2. The van der Waals surface area contributed by atoms with Crippen LogP contribution >= 0.6 is 23.1 Å². The van der Waals surface area contributed by atoms with E-state index in [9.17, 15) is 9.59 Å². The van der Waals surface area contributed by atoms with E-state index in [1.807, 2.05) is 55.5 Å². The topological polar surface area (TPSA) is 69.3 Å². The number of pyridine rings is 1. The summed E-state index contributed by atoms with van der Waals surface area (Å²) in [6, 6.07) is 17.2. The van der Waals surface area contributed by atoms with Crippen LogP contribution in [-0.2, 0) is 12.3 Å². The predicted molar refractivity (Wildman–Crippen MR) is 135 cm³/mol. The summed E-state index contributed by atoms with van der Waals surface area (Å²) in [7, 11) is 0. The van der Waals surface area contributed by atoms with Crippen molar-refractivity contribution < 1.29 is 0 Å². The minimum Gasteiger partial charge on any atom is -0.283 e. The quantitative estimate of drug-likeness (QED) is 0.199. The number of hydrogen-bond donors (Lipinski definition) is 0. The van der Waals surface area contributed by atoms with E-state index in [4.69, 9.17) is 4.98 Å². The molecule has 4 aromatic heterocycles. The number of thioether (sulfide) groups is 1. The molecular weight excluding hydrogens is 452 g/mol. The average Bonchev–Trinajstić information content (AvgIpc) is 3.26. The van der Waals surface area contributed by atoms with Crippen molar-refractivity contribution in [3.05, 3.63) is 105 Å². The van der Waals surface area contributed by atoms with E-state index in [1.165, 1.54) is 33.6 Å². The third-order valence-electron chi connectivity index (χ3n) is 5.27. The van der Waals surface area contributed by atoms with Crippen LogP contribution in [0.4, 0.5) is 0 Å². The number of benzene rings is 1. The smallest absolute Gasteiger partial charge is 0.263 e. The largest absolute Gasteiger partial charge is 0.283 e. The van der Waals surface area contributed by atoms with Gasteiger partial charge in [-0.1, -0.05) is 54.2 Å². The number of aromatic nitrogens is 4. The van der Waals surface area contributed by atoms with Crippen LogP contribution in [0.15, 0.2) is 88.2 Å². The molecule has 0 fully saturated rings. The van der Waals surface area contributed by atoms with Gasteiger partial charge in [-0.15, -0.1) is 17.9 Å². The van der Waals surface area contributed by atoms with E-state index >= 15 is 0 Å². The Labute approximate surface area is 197 Å². The highest BCUT2D eigenvalue weighted by Gasteiger charge is 2.15. The molecule has 0 unspecified atom stereocenters. The second-order valence-electron chi connectivity index (χ2n) is 7.55. The van der Waals surface area contributed by atoms with Gasteiger partial charge in [-0.25, -0.2) is 9.97 Å². The third-order valence-corrected chi connectivity index (χ3v) is 7.36. The van der Waals surface area contributed by atoms with Crippen molar-refractivity contribution in [2.45, 2.75) is 24.4 Å². The van der Waals surface area contributed by atoms with Gasteiger partial charge in [0, 0.05) is 29.4 Å². The lowest BCUT2D eigenvalue weighted by Crippen LogP contribution is -2.22. The molecule has 0 spiro atoms. The Balaban J connectivity index is 1.55. The van der Waals surface area contributed by atoms with Gasteiger partial charge in [0.25, 0.3) is 11.1 Å². The zero-order valence-corrected chi connectivity index (χ0v) is 19.5. The van der Waals surface area contributed by atoms with E-state index in [0.717, 1.165) is 16.0 Å². The molecule has 0 saturated carbocycles. The summed E-state index contributed by atoms with van der Waals surface area (Å²) in [4.78, 5) is 37.0. The number of thiophene rings is 1. The Morgan fingerprint density at radius 3 is 2.70 bits per heavy atom. The molecule has 0 bridgehead atoms. The third kappa shape index (κ3) is 4.03. The number of rotatable bonds is 6. The Morgan fingerprint density at radius 2 is 1.91 bits per heavy atom. The maximum atomic E-state index is 13.3. The molecule has 1 aromatic carbocycles. The van der Waals surface area contributed by atoms with Gasteiger partial charge < -0.3 is 0 Å². The molecule has 0 amide bonds. The molecular formula is C25H20N4O2S2. The standard InChI is InChI=1S/C25H20N4O2S2/c1-3-11-29-24(31)19-14-20(17-9-5-4-6-10-17)33-23(19)27-25(29)32-15-18-13-21(30)28-12-7-8-16(2)22(28)26-18/h3-10,12-14H,1,11,15H2,2H3. The van der Waals surface area contributed by atoms with Crippen molar-refractivity contribution in [1.29, 1.82) is 0 Å². The van der Waals surface area contributed by atoms with Gasteiger partial charge in [-0.3, -0.25) is 18.6 Å². The summed E-state index contributed by atoms with van der Waals surface area (Å²) < 4.78 is 3.17. The minimum atomic E-state index is -0.128. The van der Waals surface area contributed by atoms with Crippen LogP contribution in [0.25, 0.3) is 26.3 Å². The Hall–Kier alpha value is -3.49. The number of nitrogens with zero attached hydrogens (tertiary/aromatic N) is 4. The monoisotopic (exact) mass is 472 g/mol. The molecule has 0 aliphatic heterocycles. The Bertz CT molecular complexity index is 1620. The molecule has 5 rings (SSSR count). The molecule has 0 atom stereocenters. The number of fused-ring (bicyclic) bond motifs is 2. The van der Waals surface area contributed by atoms with E-state index in [0.29, 0.717) is 39.0 Å². The fraction of sp³-hybridized carbons (Fsp3) is 0.120. The van der Waals surface area contributed by atoms with Gasteiger partial charge in [-0.05, 0) is 30.2 Å². The van der Waals surface area contributed by atoms with Crippen molar-refractivity contribution in [2.75, 3.05) is 0 Å². The Morgan fingerprint density at radius 1 is 1.09 bits per heavy atom. The molecule has 33 heavy (non-hydrogen) atoms. The molecule has 5 aromatic rings. The molecule has 6 nitrogen and oxygen atoms in total. The number of allylic oxidation sites excluding steroid dienone is 1. The minimum absolute atomic E-state index is 0.0942. The molecule has 8 heteroatoms. The first-order valence-corrected chi connectivity index (χ1v) is 12.2. The van der Waals surface area contributed by atoms with E-state index in [-0.39, 0.29) is 11.1 Å². The second-order valence-corrected chi connectivity index (χ2v) is 9.53. The average molecular weight is 473 g/mol. The van der Waals surface area contributed by atoms with Gasteiger partial charge in [0.15, 0.2) is 5.16 Å². The van der Waals surface area contributed by atoms with Crippen LogP contribution in [0.5, 0.6) is 0 Å². The van der Waals surface area contributed by atoms with Crippen LogP contribution in [0.3, 0.4) is 0 Å². The lowest BCUT2D eigenvalue weighted by Gasteiger charge is -2.10. The molecule has 0 radical (unpaired) electrons. The summed E-state index contributed by atoms with van der Waals surface area (Å²) in [6.45, 7) is 6.08. The molecule has 0 aliphatic carbocycles. The normalized spacial score (nSPS) is 11.3. The van der Waals surface area contributed by atoms with Crippen molar-refractivity contribution in [2.24, 2.45) is 0 Å². The first-order valence-electron chi connectivity index (χ1n) is 10.4. The summed E-state index contributed by atoms with van der Waals surface area (Å²) in [5, 5.41) is 1.18. The zero-order valence-electron chi connectivity index (χ0n) is 17.9. The van der Waals surface area contributed by atoms with Crippen molar-refractivity contribution >= 4 is 39.0 Å². The molecule has 4 heterocycles. The van der Waals surface area contributed by atoms with Gasteiger partial charge in [0.1, 0.15) is 10.5 Å². The summed E-state index contributed by atoms with van der Waals surface area (Å²) >= 11 is 2.90. The van der Waals surface area contributed by atoms with Gasteiger partial charge >= 0.3 is 0 Å². The van der Waals surface area contributed by atoms with E-state index in [2.05, 4.69) is 11.6 Å². The maximum absolute atomic E-state index is 13.3. The maximum Gasteiger partial charge on any atom is 0.263 e. The highest BCUT2D eigenvalue weighted by atomic mass is 32.2. The lowest BCUT2D eigenvalue weighted by molar-refractivity contribution is 0.672. The fourth-order valence-corrected chi connectivity index (χ4v) is 5.64. The van der Waals surface area contributed by atoms with Gasteiger partial charge in [-0.2, -0.15) is 0 Å². The molecule has 164 valence electrons. The van der Waals surface area contributed by atoms with Crippen LogP contribution in [0.2, 0.25) is 0 Å². The highest BCUT2D eigenvalue weighted by Crippen LogP contribution is 2.32. The summed E-state index contributed by atoms with van der Waals surface area (Å²) in [5.74, 6) is 0.423. The first-order chi connectivity index (χ1) is 16.0. The van der Waals surface area contributed by atoms with Crippen LogP contribution in [-0.4, -0.2) is 18.9 Å². The van der Waals surface area contributed by atoms with Crippen LogP contribution in [0, 0.1) is 6.92 Å². The summed E-state index contributed by atoms with van der Waals surface area (Å²) in [6.07, 6.45) is 3.40. The molecule has 0 N–H and O–H groups in total. The van der Waals surface area contributed by atoms with Crippen LogP contribution < -0.4 is 11.1 Å². The first kappa shape index (κ1) is 21.4. The summed E-state index contributed by atoms with van der Waals surface area (Å²) in [5.41, 5.74) is 3.05. The van der Waals surface area contributed by atoms with E-state index in [1.54, 1.807) is 16.8 Å². The number of aryl methyl sites for hydroxylation is 1. The SMILES string of the molecule is C=CCn1c(SCc2cc(=O)n3cccc(C)c3n2)nc2sc(-c3ccccc3)cc2c1=O. The zero-order chi connectivity index (χ0) is 22.9. The van der Waals surface area contributed by atoms with Crippen molar-refractivity contribution in [1.82, 2.24) is 18.9 Å². The van der Waals surface area contributed by atoms with Crippen LogP contribution in [0.1, 0.15) is 11.3 Å². The highest BCUT2D eigenvalue weighted by molar-refractivity contribution is 7.98. The van der Waals surface area contributed by atoms with E-state index < -0.39 is 0 Å². The van der Waals surface area contributed by atoms with Gasteiger partial charge in [0.05, 0.1) is 11.1 Å². The molecule has 0 saturated heterocycles. The fourth-order valence-electron chi connectivity index (χ4n) is 3.66. The Kier molecular flexibility index (Phi) is 5.70. The number of hydrogen-bond acceptors (Lipinski definition) is 6. The molecule has 0 aliphatic rings. The van der Waals surface area contributed by atoms with Crippen molar-refractivity contribution in [3.63, 3.8) is 0 Å². The van der Waals surface area contributed by atoms with Gasteiger partial charge in [0.2, 0.25) is 0 Å². The second kappa shape index (κ2) is 8.80.